The fraction of sp³-hybridized carbons (Fsp3) is 1.00. The number of likely N-dealkylation sites (tertiary alicyclic amines) is 1. The molecule has 0 spiro atoms. The summed E-state index contributed by atoms with van der Waals surface area (Å²) in [4.78, 5) is 4.95. The highest BCUT2D eigenvalue weighted by Gasteiger charge is 2.17. The zero-order chi connectivity index (χ0) is 11.8. The standard InChI is InChI=1S/C13H27ClN2/c1-15-10-6-13(7-11-15)12-16(2)9-5-3-4-8-14/h13H,3-12H2,1-2H3. The molecule has 0 aromatic heterocycles. The molecule has 0 aliphatic carbocycles. The Bertz CT molecular complexity index is 167. The second-order valence-electron chi connectivity index (χ2n) is 5.26. The first-order valence-corrected chi connectivity index (χ1v) is 7.19. The van der Waals surface area contributed by atoms with Crippen molar-refractivity contribution >= 4 is 11.6 Å². The minimum absolute atomic E-state index is 0.818. The summed E-state index contributed by atoms with van der Waals surface area (Å²) < 4.78 is 0. The van der Waals surface area contributed by atoms with Gasteiger partial charge < -0.3 is 9.80 Å². The largest absolute Gasteiger partial charge is 0.306 e. The van der Waals surface area contributed by atoms with E-state index in [0.717, 1.165) is 11.8 Å². The molecule has 3 heteroatoms. The maximum Gasteiger partial charge on any atom is 0.0223 e. The Labute approximate surface area is 106 Å². The fourth-order valence-corrected chi connectivity index (χ4v) is 2.62. The van der Waals surface area contributed by atoms with Crippen molar-refractivity contribution in [1.29, 1.82) is 0 Å². The van der Waals surface area contributed by atoms with E-state index in [2.05, 4.69) is 23.9 Å². The first-order chi connectivity index (χ1) is 7.72. The highest BCUT2D eigenvalue weighted by Crippen LogP contribution is 2.16. The normalized spacial score (nSPS) is 19.5. The summed E-state index contributed by atoms with van der Waals surface area (Å²) in [6, 6.07) is 0. The molecule has 1 aliphatic heterocycles. The number of alkyl halides is 1. The Balaban J connectivity index is 2.02. The summed E-state index contributed by atoms with van der Waals surface area (Å²) in [5, 5.41) is 0. The van der Waals surface area contributed by atoms with Gasteiger partial charge in [-0.15, -0.1) is 11.6 Å². The molecule has 0 saturated carbocycles. The van der Waals surface area contributed by atoms with Crippen LogP contribution in [0.25, 0.3) is 0 Å². The van der Waals surface area contributed by atoms with Gasteiger partial charge in [0.05, 0.1) is 0 Å². The topological polar surface area (TPSA) is 6.48 Å². The lowest BCUT2D eigenvalue weighted by molar-refractivity contribution is 0.175. The highest BCUT2D eigenvalue weighted by molar-refractivity contribution is 6.17. The van der Waals surface area contributed by atoms with Crippen molar-refractivity contribution in [2.75, 3.05) is 46.2 Å². The van der Waals surface area contributed by atoms with E-state index >= 15 is 0 Å². The summed E-state index contributed by atoms with van der Waals surface area (Å²) in [5.74, 6) is 1.74. The molecule has 1 heterocycles. The molecule has 1 saturated heterocycles. The van der Waals surface area contributed by atoms with Crippen LogP contribution in [0.15, 0.2) is 0 Å². The summed E-state index contributed by atoms with van der Waals surface area (Å²) in [5.41, 5.74) is 0. The Morgan fingerprint density at radius 2 is 1.88 bits per heavy atom. The molecular weight excluding hydrogens is 220 g/mol. The molecule has 16 heavy (non-hydrogen) atoms. The third kappa shape index (κ3) is 6.07. The third-order valence-electron chi connectivity index (χ3n) is 3.58. The minimum atomic E-state index is 0.818. The predicted octanol–water partition coefficient (Wildman–Crippen LogP) is 2.67. The smallest absolute Gasteiger partial charge is 0.0223 e. The van der Waals surface area contributed by atoms with Gasteiger partial charge in [0.2, 0.25) is 0 Å². The van der Waals surface area contributed by atoms with E-state index in [1.807, 2.05) is 0 Å². The molecule has 0 radical (unpaired) electrons. The Morgan fingerprint density at radius 1 is 1.19 bits per heavy atom. The monoisotopic (exact) mass is 246 g/mol. The van der Waals surface area contributed by atoms with Crippen LogP contribution in [0.1, 0.15) is 32.1 Å². The highest BCUT2D eigenvalue weighted by atomic mass is 35.5. The molecule has 1 rings (SSSR count). The van der Waals surface area contributed by atoms with Gasteiger partial charge in [0.25, 0.3) is 0 Å². The van der Waals surface area contributed by atoms with Gasteiger partial charge >= 0.3 is 0 Å². The quantitative estimate of drug-likeness (QED) is 0.504. The van der Waals surface area contributed by atoms with Crippen LogP contribution in [-0.2, 0) is 0 Å². The predicted molar refractivity (Wildman–Crippen MR) is 72.3 cm³/mol. The second kappa shape index (κ2) is 8.32. The summed E-state index contributed by atoms with van der Waals surface area (Å²) >= 11 is 5.67. The minimum Gasteiger partial charge on any atom is -0.306 e. The van der Waals surface area contributed by atoms with Gasteiger partial charge in [0.15, 0.2) is 0 Å². The van der Waals surface area contributed by atoms with E-state index in [0.29, 0.717) is 0 Å². The fourth-order valence-electron chi connectivity index (χ4n) is 2.43. The zero-order valence-corrected chi connectivity index (χ0v) is 11.7. The lowest BCUT2D eigenvalue weighted by atomic mass is 9.96. The van der Waals surface area contributed by atoms with Crippen LogP contribution < -0.4 is 0 Å². The maximum absolute atomic E-state index is 5.67. The molecule has 0 aromatic carbocycles. The average Bonchev–Trinajstić information content (AvgIpc) is 2.28. The van der Waals surface area contributed by atoms with Crippen molar-refractivity contribution in [2.24, 2.45) is 5.92 Å². The van der Waals surface area contributed by atoms with Crippen LogP contribution in [0.4, 0.5) is 0 Å². The van der Waals surface area contributed by atoms with Gasteiger partial charge in [0.1, 0.15) is 0 Å². The van der Waals surface area contributed by atoms with E-state index in [9.17, 15) is 0 Å². The second-order valence-corrected chi connectivity index (χ2v) is 5.64. The lowest BCUT2D eigenvalue weighted by Gasteiger charge is -2.31. The molecule has 0 atom stereocenters. The van der Waals surface area contributed by atoms with Crippen molar-refractivity contribution in [2.45, 2.75) is 32.1 Å². The first-order valence-electron chi connectivity index (χ1n) is 6.65. The third-order valence-corrected chi connectivity index (χ3v) is 3.85. The van der Waals surface area contributed by atoms with Gasteiger partial charge in [-0.05, 0) is 65.3 Å². The number of unbranched alkanes of at least 4 members (excludes halogenated alkanes) is 2. The molecule has 0 aromatic rings. The molecule has 0 unspecified atom stereocenters. The van der Waals surface area contributed by atoms with E-state index in [1.54, 1.807) is 0 Å². The van der Waals surface area contributed by atoms with Crippen LogP contribution in [0.5, 0.6) is 0 Å². The Morgan fingerprint density at radius 3 is 2.50 bits per heavy atom. The van der Waals surface area contributed by atoms with Crippen LogP contribution in [0, 0.1) is 5.92 Å². The number of halogens is 1. The summed E-state index contributed by atoms with van der Waals surface area (Å²) in [7, 11) is 4.49. The number of nitrogens with zero attached hydrogens (tertiary/aromatic N) is 2. The van der Waals surface area contributed by atoms with Gasteiger partial charge in [0, 0.05) is 12.4 Å². The van der Waals surface area contributed by atoms with E-state index in [-0.39, 0.29) is 0 Å². The Hall–Kier alpha value is 0.210. The number of hydrogen-bond donors (Lipinski definition) is 0. The van der Waals surface area contributed by atoms with Crippen LogP contribution in [0.3, 0.4) is 0 Å². The van der Waals surface area contributed by atoms with Crippen LogP contribution in [0.2, 0.25) is 0 Å². The van der Waals surface area contributed by atoms with E-state index < -0.39 is 0 Å². The Kier molecular flexibility index (Phi) is 7.42. The summed E-state index contributed by atoms with van der Waals surface area (Å²) in [6.07, 6.45) is 6.51. The van der Waals surface area contributed by atoms with Crippen LogP contribution >= 0.6 is 11.6 Å². The molecule has 96 valence electrons. The number of piperidine rings is 1. The molecule has 1 fully saturated rings. The average molecular weight is 247 g/mol. The van der Waals surface area contributed by atoms with Gasteiger partial charge in [-0.3, -0.25) is 0 Å². The molecular formula is C13H27ClN2. The van der Waals surface area contributed by atoms with Gasteiger partial charge in [-0.25, -0.2) is 0 Å². The maximum atomic E-state index is 5.67. The van der Waals surface area contributed by atoms with Crippen molar-refractivity contribution in [3.63, 3.8) is 0 Å². The number of hydrogen-bond acceptors (Lipinski definition) is 2. The molecule has 0 bridgehead atoms. The van der Waals surface area contributed by atoms with Crippen LogP contribution in [-0.4, -0.2) is 56.0 Å². The zero-order valence-electron chi connectivity index (χ0n) is 10.9. The molecule has 1 aliphatic rings. The van der Waals surface area contributed by atoms with Crippen molar-refractivity contribution in [3.8, 4) is 0 Å². The van der Waals surface area contributed by atoms with E-state index in [4.69, 9.17) is 11.6 Å². The van der Waals surface area contributed by atoms with E-state index in [1.165, 1.54) is 58.3 Å². The molecule has 0 N–H and O–H groups in total. The molecule has 2 nitrogen and oxygen atoms in total. The SMILES string of the molecule is CN1CCC(CN(C)CCCCCCl)CC1. The summed E-state index contributed by atoms with van der Waals surface area (Å²) in [6.45, 7) is 5.09. The van der Waals surface area contributed by atoms with Crippen molar-refractivity contribution < 1.29 is 0 Å². The van der Waals surface area contributed by atoms with Gasteiger partial charge in [-0.1, -0.05) is 6.42 Å². The lowest BCUT2D eigenvalue weighted by Crippen LogP contribution is -2.36. The van der Waals surface area contributed by atoms with Crippen molar-refractivity contribution in [3.05, 3.63) is 0 Å². The number of rotatable bonds is 7. The van der Waals surface area contributed by atoms with Crippen molar-refractivity contribution in [1.82, 2.24) is 9.80 Å². The molecule has 0 amide bonds. The first kappa shape index (κ1) is 14.3. The van der Waals surface area contributed by atoms with Gasteiger partial charge in [-0.2, -0.15) is 0 Å².